The number of aryl methyl sites for hydroxylation is 1. The van der Waals surface area contributed by atoms with Crippen LogP contribution in [0.2, 0.25) is 0 Å². The average Bonchev–Trinajstić information content (AvgIpc) is 3.26. The summed E-state index contributed by atoms with van der Waals surface area (Å²) in [5, 5.41) is 8.20. The third-order valence-electron chi connectivity index (χ3n) is 3.81. The second kappa shape index (κ2) is 5.17. The van der Waals surface area contributed by atoms with Crippen molar-refractivity contribution in [1.82, 2.24) is 19.3 Å². The Morgan fingerprint density at radius 3 is 2.87 bits per heavy atom. The van der Waals surface area contributed by atoms with Crippen molar-refractivity contribution in [3.8, 4) is 5.82 Å². The Morgan fingerprint density at radius 1 is 1.22 bits per heavy atom. The number of hydrogen-bond donors (Lipinski definition) is 2. The van der Waals surface area contributed by atoms with Crippen LogP contribution in [-0.4, -0.2) is 25.2 Å². The summed E-state index contributed by atoms with van der Waals surface area (Å²) in [6.45, 7) is 0. The number of aromatic nitrogens is 4. The zero-order chi connectivity index (χ0) is 15.8. The highest BCUT2D eigenvalue weighted by Gasteiger charge is 2.17. The van der Waals surface area contributed by atoms with Gasteiger partial charge in [-0.15, -0.1) is 0 Å². The Bertz CT molecular complexity index is 978. The van der Waals surface area contributed by atoms with Crippen LogP contribution in [0.25, 0.3) is 16.7 Å². The van der Waals surface area contributed by atoms with Gasteiger partial charge in [-0.2, -0.15) is 5.10 Å². The maximum absolute atomic E-state index is 12.6. The first-order valence-corrected chi connectivity index (χ1v) is 7.26. The summed E-state index contributed by atoms with van der Waals surface area (Å²) in [6, 6.07) is 11.6. The van der Waals surface area contributed by atoms with Gasteiger partial charge in [-0.1, -0.05) is 0 Å². The van der Waals surface area contributed by atoms with E-state index < -0.39 is 0 Å². The normalized spacial score (nSPS) is 11.0. The quantitative estimate of drug-likeness (QED) is 0.611. The van der Waals surface area contributed by atoms with E-state index in [0.29, 0.717) is 5.56 Å². The van der Waals surface area contributed by atoms with Crippen LogP contribution in [0.1, 0.15) is 10.4 Å². The molecule has 6 heteroatoms. The average molecular weight is 305 g/mol. The lowest BCUT2D eigenvalue weighted by Crippen LogP contribution is -2.14. The number of H-pyrrole nitrogens is 1. The van der Waals surface area contributed by atoms with Gasteiger partial charge in [-0.3, -0.25) is 9.48 Å². The highest BCUT2D eigenvalue weighted by atomic mass is 16.1. The van der Waals surface area contributed by atoms with Crippen LogP contribution in [0.4, 0.5) is 5.69 Å². The van der Waals surface area contributed by atoms with Gasteiger partial charge in [0.05, 0.1) is 6.20 Å². The van der Waals surface area contributed by atoms with E-state index in [9.17, 15) is 4.79 Å². The standard InChI is InChI=1S/C17H15N5O/c1-21-17(22-8-2-3-9-22)14(11-19-21)16(23)20-13-4-5-15-12(10-13)6-7-18-15/h2-11,18H,1H3,(H,20,23). The second-order valence-electron chi connectivity index (χ2n) is 5.33. The molecular weight excluding hydrogens is 290 g/mol. The van der Waals surface area contributed by atoms with E-state index in [1.165, 1.54) is 0 Å². The van der Waals surface area contributed by atoms with Gasteiger partial charge >= 0.3 is 0 Å². The van der Waals surface area contributed by atoms with Crippen molar-refractivity contribution in [3.05, 3.63) is 66.7 Å². The topological polar surface area (TPSA) is 67.6 Å². The Morgan fingerprint density at radius 2 is 2.04 bits per heavy atom. The van der Waals surface area contributed by atoms with Crippen molar-refractivity contribution in [2.45, 2.75) is 0 Å². The van der Waals surface area contributed by atoms with Gasteiger partial charge in [-0.25, -0.2) is 0 Å². The molecule has 0 aliphatic carbocycles. The number of fused-ring (bicyclic) bond motifs is 1. The minimum Gasteiger partial charge on any atom is -0.361 e. The van der Waals surface area contributed by atoms with E-state index >= 15 is 0 Å². The van der Waals surface area contributed by atoms with E-state index in [0.717, 1.165) is 22.4 Å². The largest absolute Gasteiger partial charge is 0.361 e. The lowest BCUT2D eigenvalue weighted by atomic mass is 10.2. The molecule has 4 aromatic rings. The first-order valence-electron chi connectivity index (χ1n) is 7.26. The molecule has 0 spiro atoms. The van der Waals surface area contributed by atoms with Crippen LogP contribution in [0.3, 0.4) is 0 Å². The highest BCUT2D eigenvalue weighted by molar-refractivity contribution is 6.07. The molecule has 0 saturated heterocycles. The number of carbonyl (C=O) groups excluding carboxylic acids is 1. The van der Waals surface area contributed by atoms with Gasteiger partial charge in [0, 0.05) is 42.2 Å². The third-order valence-corrected chi connectivity index (χ3v) is 3.81. The van der Waals surface area contributed by atoms with Crippen molar-refractivity contribution in [2.24, 2.45) is 7.05 Å². The monoisotopic (exact) mass is 305 g/mol. The predicted octanol–water partition coefficient (Wildman–Crippen LogP) is 2.94. The fraction of sp³-hybridized carbons (Fsp3) is 0.0588. The fourth-order valence-electron chi connectivity index (χ4n) is 2.70. The number of nitrogens with zero attached hydrogens (tertiary/aromatic N) is 3. The smallest absolute Gasteiger partial charge is 0.261 e. The van der Waals surface area contributed by atoms with Gasteiger partial charge in [0.2, 0.25) is 0 Å². The Kier molecular flexibility index (Phi) is 3.01. The van der Waals surface area contributed by atoms with E-state index in [1.807, 2.05) is 66.6 Å². The molecule has 0 saturated carbocycles. The van der Waals surface area contributed by atoms with Gasteiger partial charge in [-0.05, 0) is 36.4 Å². The minimum atomic E-state index is -0.184. The molecule has 1 aromatic carbocycles. The molecule has 0 radical (unpaired) electrons. The molecule has 0 atom stereocenters. The summed E-state index contributed by atoms with van der Waals surface area (Å²) < 4.78 is 3.56. The molecule has 3 heterocycles. The van der Waals surface area contributed by atoms with Gasteiger partial charge in [0.1, 0.15) is 11.4 Å². The number of carbonyl (C=O) groups is 1. The van der Waals surface area contributed by atoms with Crippen molar-refractivity contribution >= 4 is 22.5 Å². The number of hydrogen-bond acceptors (Lipinski definition) is 2. The van der Waals surface area contributed by atoms with E-state index in [1.54, 1.807) is 10.9 Å². The molecule has 114 valence electrons. The highest BCUT2D eigenvalue weighted by Crippen LogP contribution is 2.20. The van der Waals surface area contributed by atoms with Gasteiger partial charge < -0.3 is 14.9 Å². The summed E-state index contributed by atoms with van der Waals surface area (Å²) in [5.74, 6) is 0.548. The molecule has 0 aliphatic rings. The molecule has 2 N–H and O–H groups in total. The minimum absolute atomic E-state index is 0.184. The summed E-state index contributed by atoms with van der Waals surface area (Å²) in [7, 11) is 1.82. The lowest BCUT2D eigenvalue weighted by molar-refractivity contribution is 0.102. The van der Waals surface area contributed by atoms with Crippen molar-refractivity contribution in [2.75, 3.05) is 5.32 Å². The summed E-state index contributed by atoms with van der Waals surface area (Å²) in [4.78, 5) is 15.8. The number of benzene rings is 1. The van der Waals surface area contributed by atoms with Gasteiger partial charge in [0.15, 0.2) is 0 Å². The fourth-order valence-corrected chi connectivity index (χ4v) is 2.70. The molecular formula is C17H15N5O. The zero-order valence-corrected chi connectivity index (χ0v) is 12.5. The SMILES string of the molecule is Cn1ncc(C(=O)Nc2ccc3[nH]ccc3c2)c1-n1cccc1. The zero-order valence-electron chi connectivity index (χ0n) is 12.5. The van der Waals surface area contributed by atoms with Crippen LogP contribution in [0, 0.1) is 0 Å². The molecule has 4 rings (SSSR count). The number of anilines is 1. The molecule has 3 aromatic heterocycles. The van der Waals surface area contributed by atoms with Crippen LogP contribution < -0.4 is 5.32 Å². The predicted molar refractivity (Wildman–Crippen MR) is 88.8 cm³/mol. The van der Waals surface area contributed by atoms with E-state index in [-0.39, 0.29) is 5.91 Å². The van der Waals surface area contributed by atoms with Crippen molar-refractivity contribution < 1.29 is 4.79 Å². The molecule has 0 unspecified atom stereocenters. The number of aromatic amines is 1. The number of nitrogens with one attached hydrogen (secondary N) is 2. The van der Waals surface area contributed by atoms with E-state index in [4.69, 9.17) is 0 Å². The molecule has 1 amide bonds. The van der Waals surface area contributed by atoms with Crippen molar-refractivity contribution in [1.29, 1.82) is 0 Å². The molecule has 6 nitrogen and oxygen atoms in total. The van der Waals surface area contributed by atoms with E-state index in [2.05, 4.69) is 15.4 Å². The molecule has 0 aliphatic heterocycles. The molecule has 0 fully saturated rings. The third kappa shape index (κ3) is 2.30. The second-order valence-corrected chi connectivity index (χ2v) is 5.33. The van der Waals surface area contributed by atoms with Crippen LogP contribution in [0.5, 0.6) is 0 Å². The van der Waals surface area contributed by atoms with Gasteiger partial charge in [0.25, 0.3) is 5.91 Å². The summed E-state index contributed by atoms with van der Waals surface area (Å²) >= 11 is 0. The Hall–Kier alpha value is -3.28. The molecule has 23 heavy (non-hydrogen) atoms. The van der Waals surface area contributed by atoms with Crippen LogP contribution >= 0.6 is 0 Å². The number of amides is 1. The first-order chi connectivity index (χ1) is 11.2. The maximum atomic E-state index is 12.6. The first kappa shape index (κ1) is 13.4. The van der Waals surface area contributed by atoms with Crippen LogP contribution in [0.15, 0.2) is 61.2 Å². The summed E-state index contributed by atoms with van der Waals surface area (Å²) in [5.41, 5.74) is 2.32. The maximum Gasteiger partial charge on any atom is 0.261 e. The van der Waals surface area contributed by atoms with Crippen LogP contribution in [-0.2, 0) is 7.05 Å². The Labute approximate surface area is 132 Å². The van der Waals surface area contributed by atoms with Crippen molar-refractivity contribution in [3.63, 3.8) is 0 Å². The summed E-state index contributed by atoms with van der Waals surface area (Å²) in [6.07, 6.45) is 7.24. The Balaban J connectivity index is 1.67. The molecule has 0 bridgehead atoms. The number of rotatable bonds is 3. The lowest BCUT2D eigenvalue weighted by Gasteiger charge is -2.08.